The van der Waals surface area contributed by atoms with E-state index in [0.717, 1.165) is 90.8 Å². The summed E-state index contributed by atoms with van der Waals surface area (Å²) in [6, 6.07) is 14.9. The highest BCUT2D eigenvalue weighted by molar-refractivity contribution is 6.03. The van der Waals surface area contributed by atoms with Gasteiger partial charge in [-0.2, -0.15) is 0 Å². The summed E-state index contributed by atoms with van der Waals surface area (Å²) < 4.78 is 34.1. The van der Waals surface area contributed by atoms with Crippen molar-refractivity contribution in [2.75, 3.05) is 51.3 Å². The summed E-state index contributed by atoms with van der Waals surface area (Å²) in [6.45, 7) is 6.05. The number of pyridine rings is 1. The summed E-state index contributed by atoms with van der Waals surface area (Å²) in [6.07, 6.45) is 4.27. The largest absolute Gasteiger partial charge is 0.496 e. The van der Waals surface area contributed by atoms with Crippen molar-refractivity contribution >= 4 is 46.7 Å². The SMILES string of the molecule is COc1cc(N2CCC3(CCN(C(=O)CN4Cc5cnc(C(=O)N[C@H]6CCC(=O)NC6=O)cc5C4)CC3)CC2)ccc1[C@@H]1c2[nH]c3ccccc3c2C[C@@H](C)N1CC(F)F.O=CO. The summed E-state index contributed by atoms with van der Waals surface area (Å²) in [5.41, 5.74) is 7.37. The van der Waals surface area contributed by atoms with E-state index >= 15 is 0 Å². The van der Waals surface area contributed by atoms with E-state index in [4.69, 9.17) is 14.6 Å². The number of carbonyl (C=O) groups is 5. The van der Waals surface area contributed by atoms with Crippen LogP contribution < -0.4 is 20.3 Å². The fourth-order valence-corrected chi connectivity index (χ4v) is 10.3. The number of para-hydroxylation sites is 1. The molecule has 4 N–H and O–H groups in total. The van der Waals surface area contributed by atoms with Gasteiger partial charge in [0.2, 0.25) is 17.7 Å². The summed E-state index contributed by atoms with van der Waals surface area (Å²) in [7, 11) is 1.66. The Morgan fingerprint density at radius 3 is 2.46 bits per heavy atom. The second-order valence-corrected chi connectivity index (χ2v) is 17.5. The van der Waals surface area contributed by atoms with Crippen molar-refractivity contribution in [2.45, 2.75) is 89.5 Å². The van der Waals surface area contributed by atoms with Gasteiger partial charge in [0.15, 0.2) is 0 Å². The Bertz CT molecular complexity index is 2370. The van der Waals surface area contributed by atoms with Gasteiger partial charge in [-0.1, -0.05) is 24.3 Å². The molecule has 4 aromatic rings. The fourth-order valence-electron chi connectivity index (χ4n) is 10.3. The summed E-state index contributed by atoms with van der Waals surface area (Å²) in [4.78, 5) is 74.6. The highest BCUT2D eigenvalue weighted by Crippen LogP contribution is 2.46. The molecule has 0 aliphatic carbocycles. The first-order valence-electron chi connectivity index (χ1n) is 21.7. The zero-order valence-electron chi connectivity index (χ0n) is 35.6. The standard InChI is InChI=1S/C45H52F2N8O5.CH2O2/c1-27-19-33-31-5-3-4-6-34(31)49-41(33)42(55(27)25-38(46)47)32-8-7-30(21-37(32)60-2)53-15-11-45(12-16-53)13-17-54(18-14-45)40(57)26-52-23-28-20-36(48-22-29(28)24-52)44(59)50-35-9-10-39(56)51-43(35)58;2-1-3/h3-8,20-22,27,35,38,42,49H,9-19,23-26H2,1-2H3,(H,50,59)(H,51,56,58);1H,(H,2,3)/t27-,35+,42-;/m1./s1. The number of nitrogens with one attached hydrogen (secondary N) is 3. The monoisotopic (exact) mass is 868 g/mol. The number of nitrogens with zero attached hydrogens (tertiary/aromatic N) is 5. The molecule has 0 bridgehead atoms. The number of carbonyl (C=O) groups excluding carboxylic acids is 4. The first-order valence-corrected chi connectivity index (χ1v) is 21.7. The van der Waals surface area contributed by atoms with Crippen molar-refractivity contribution in [3.63, 3.8) is 0 Å². The Morgan fingerprint density at radius 1 is 1.03 bits per heavy atom. The molecule has 17 heteroatoms. The van der Waals surface area contributed by atoms with Gasteiger partial charge in [0, 0.05) is 91.8 Å². The van der Waals surface area contributed by atoms with Crippen molar-refractivity contribution in [2.24, 2.45) is 5.41 Å². The van der Waals surface area contributed by atoms with Gasteiger partial charge in [-0.15, -0.1) is 0 Å². The Kier molecular flexibility index (Phi) is 12.8. The van der Waals surface area contributed by atoms with Crippen molar-refractivity contribution in [1.29, 1.82) is 0 Å². The number of amides is 4. The first-order chi connectivity index (χ1) is 30.4. The van der Waals surface area contributed by atoms with Crippen molar-refractivity contribution in [1.82, 2.24) is 35.3 Å². The van der Waals surface area contributed by atoms with Crippen LogP contribution in [-0.4, -0.2) is 125 Å². The molecule has 63 heavy (non-hydrogen) atoms. The number of likely N-dealkylation sites (tertiary alicyclic amines) is 1. The van der Waals surface area contributed by atoms with Gasteiger partial charge in [-0.05, 0) is 85.8 Å². The fraction of sp³-hybridized carbons (Fsp3) is 0.478. The number of aromatic amines is 1. The molecular formula is C46H54F2N8O7. The number of methoxy groups -OCH3 is 1. The van der Waals surface area contributed by atoms with Crippen LogP contribution >= 0.6 is 0 Å². The third-order valence-electron chi connectivity index (χ3n) is 13.8. The minimum atomic E-state index is -2.47. The molecule has 2 aromatic heterocycles. The number of anilines is 1. The van der Waals surface area contributed by atoms with Gasteiger partial charge in [-0.3, -0.25) is 44.1 Å². The number of benzene rings is 2. The van der Waals surface area contributed by atoms with Gasteiger partial charge in [0.25, 0.3) is 18.8 Å². The highest BCUT2D eigenvalue weighted by Gasteiger charge is 2.41. The Balaban J connectivity index is 0.00000177. The smallest absolute Gasteiger partial charge is 0.290 e. The van der Waals surface area contributed by atoms with Crippen LogP contribution in [0.25, 0.3) is 10.9 Å². The Labute approximate surface area is 364 Å². The maximum atomic E-state index is 14.1. The number of rotatable bonds is 9. The van der Waals surface area contributed by atoms with Crippen LogP contribution in [0.3, 0.4) is 0 Å². The molecule has 4 amide bonds. The molecule has 5 aliphatic heterocycles. The van der Waals surface area contributed by atoms with E-state index in [1.54, 1.807) is 19.4 Å². The van der Waals surface area contributed by atoms with Gasteiger partial charge in [0.1, 0.15) is 17.5 Å². The van der Waals surface area contributed by atoms with E-state index in [-0.39, 0.29) is 61.4 Å². The van der Waals surface area contributed by atoms with Crippen molar-refractivity contribution < 1.29 is 42.6 Å². The van der Waals surface area contributed by atoms with Gasteiger partial charge >= 0.3 is 0 Å². The predicted molar refractivity (Wildman–Crippen MR) is 229 cm³/mol. The molecule has 15 nitrogen and oxygen atoms in total. The van der Waals surface area contributed by atoms with Crippen LogP contribution in [0, 0.1) is 5.41 Å². The maximum Gasteiger partial charge on any atom is 0.290 e. The molecule has 1 spiro atoms. The lowest BCUT2D eigenvalue weighted by Gasteiger charge is -2.47. The number of carboxylic acid groups (broad SMARTS) is 1. The van der Waals surface area contributed by atoms with E-state index in [2.05, 4.69) is 54.7 Å². The third-order valence-corrected chi connectivity index (χ3v) is 13.8. The molecule has 334 valence electrons. The van der Waals surface area contributed by atoms with Crippen LogP contribution in [0.1, 0.15) is 89.9 Å². The number of fused-ring (bicyclic) bond motifs is 4. The summed E-state index contributed by atoms with van der Waals surface area (Å²) >= 11 is 0. The number of H-pyrrole nitrogens is 1. The van der Waals surface area contributed by atoms with E-state index in [9.17, 15) is 28.0 Å². The molecule has 3 saturated heterocycles. The number of halogens is 2. The molecule has 2 aromatic carbocycles. The highest BCUT2D eigenvalue weighted by atomic mass is 19.3. The normalized spacial score (nSPS) is 22.3. The zero-order valence-corrected chi connectivity index (χ0v) is 35.6. The second kappa shape index (κ2) is 18.4. The number of aromatic nitrogens is 2. The average molecular weight is 869 g/mol. The van der Waals surface area contributed by atoms with Crippen LogP contribution in [0.5, 0.6) is 5.75 Å². The van der Waals surface area contributed by atoms with Crippen molar-refractivity contribution in [3.05, 3.63) is 88.4 Å². The Morgan fingerprint density at radius 2 is 1.75 bits per heavy atom. The van der Waals surface area contributed by atoms with Gasteiger partial charge in [-0.25, -0.2) is 8.78 Å². The first kappa shape index (κ1) is 43.7. The average Bonchev–Trinajstić information content (AvgIpc) is 3.85. The van der Waals surface area contributed by atoms with Crippen LogP contribution in [0.2, 0.25) is 0 Å². The van der Waals surface area contributed by atoms with E-state index in [1.807, 2.05) is 34.9 Å². The lowest BCUT2D eigenvalue weighted by molar-refractivity contribution is -0.136. The Hall–Kier alpha value is -5.94. The molecule has 0 radical (unpaired) electrons. The number of alkyl halides is 2. The molecule has 0 saturated carbocycles. The molecule has 3 atom stereocenters. The number of hydrogen-bond donors (Lipinski definition) is 4. The molecule has 3 fully saturated rings. The minimum Gasteiger partial charge on any atom is -0.496 e. The predicted octanol–water partition coefficient (Wildman–Crippen LogP) is 4.63. The van der Waals surface area contributed by atoms with E-state index in [1.165, 1.54) is 5.56 Å². The van der Waals surface area contributed by atoms with E-state index < -0.39 is 30.3 Å². The van der Waals surface area contributed by atoms with Gasteiger partial charge in [0.05, 0.1) is 26.2 Å². The topological polar surface area (TPSA) is 181 Å². The molecule has 0 unspecified atom stereocenters. The lowest BCUT2D eigenvalue weighted by atomic mass is 9.71. The minimum absolute atomic E-state index is 0.0826. The number of ether oxygens (including phenoxy) is 1. The maximum absolute atomic E-state index is 14.1. The quantitative estimate of drug-likeness (QED) is 0.136. The van der Waals surface area contributed by atoms with Crippen LogP contribution in [0.15, 0.2) is 54.7 Å². The second-order valence-electron chi connectivity index (χ2n) is 17.5. The molecule has 7 heterocycles. The summed E-state index contributed by atoms with van der Waals surface area (Å²) in [5.74, 6) is -0.533. The summed E-state index contributed by atoms with van der Waals surface area (Å²) in [5, 5.41) is 13.0. The van der Waals surface area contributed by atoms with Gasteiger partial charge < -0.3 is 29.9 Å². The van der Waals surface area contributed by atoms with Crippen LogP contribution in [0.4, 0.5) is 14.5 Å². The van der Waals surface area contributed by atoms with E-state index in [0.29, 0.717) is 25.3 Å². The molecular weight excluding hydrogens is 815 g/mol. The zero-order chi connectivity index (χ0) is 44.4. The number of imide groups is 1. The third kappa shape index (κ3) is 9.12. The lowest BCUT2D eigenvalue weighted by Crippen LogP contribution is -2.52. The van der Waals surface area contributed by atoms with Crippen LogP contribution in [-0.2, 0) is 38.7 Å². The number of piperidine rings is 3. The molecule has 9 rings (SSSR count). The number of hydrogen-bond acceptors (Lipinski definition) is 10. The molecule has 5 aliphatic rings. The van der Waals surface area contributed by atoms with Crippen molar-refractivity contribution in [3.8, 4) is 5.75 Å².